The van der Waals surface area contributed by atoms with Gasteiger partial charge in [0.05, 0.1) is 10.4 Å². The molecule has 4 heteroatoms. The molecule has 0 aliphatic heterocycles. The second-order valence-corrected chi connectivity index (χ2v) is 6.49. The molecule has 0 aliphatic carbocycles. The van der Waals surface area contributed by atoms with Gasteiger partial charge in [0.15, 0.2) is 0 Å². The highest BCUT2D eigenvalue weighted by Gasteiger charge is 2.23. The van der Waals surface area contributed by atoms with Crippen LogP contribution in [0.5, 0.6) is 0 Å². The Morgan fingerprint density at radius 2 is 2.11 bits per heavy atom. The van der Waals surface area contributed by atoms with Crippen LogP contribution >= 0.6 is 22.9 Å². The van der Waals surface area contributed by atoms with Crippen LogP contribution in [-0.2, 0) is 0 Å². The van der Waals surface area contributed by atoms with Crippen LogP contribution in [0.15, 0.2) is 12.1 Å². The molecular formula is C14H25ClN2S. The van der Waals surface area contributed by atoms with Crippen molar-refractivity contribution in [3.8, 4) is 0 Å². The van der Waals surface area contributed by atoms with E-state index >= 15 is 0 Å². The summed E-state index contributed by atoms with van der Waals surface area (Å²) in [6.45, 7) is 8.52. The van der Waals surface area contributed by atoms with E-state index in [1.807, 2.05) is 6.07 Å². The smallest absolute Gasteiger partial charge is 0.0931 e. The number of hydrogen-bond acceptors (Lipinski definition) is 3. The van der Waals surface area contributed by atoms with Crippen LogP contribution in [0.25, 0.3) is 0 Å². The molecule has 0 amide bonds. The lowest BCUT2D eigenvalue weighted by molar-refractivity contribution is 0.143. The van der Waals surface area contributed by atoms with Gasteiger partial charge in [-0.15, -0.1) is 11.3 Å². The lowest BCUT2D eigenvalue weighted by atomic mass is 10.1. The largest absolute Gasteiger partial charge is 0.329 e. The van der Waals surface area contributed by atoms with Crippen molar-refractivity contribution >= 4 is 22.9 Å². The Labute approximate surface area is 120 Å². The summed E-state index contributed by atoms with van der Waals surface area (Å²) >= 11 is 7.70. The molecular weight excluding hydrogens is 264 g/mol. The van der Waals surface area contributed by atoms with Crippen LogP contribution in [-0.4, -0.2) is 24.0 Å². The fraction of sp³-hybridized carbons (Fsp3) is 0.714. The quantitative estimate of drug-likeness (QED) is 0.773. The van der Waals surface area contributed by atoms with Crippen molar-refractivity contribution in [2.45, 2.75) is 52.1 Å². The summed E-state index contributed by atoms with van der Waals surface area (Å²) in [6, 6.07) is 4.96. The van der Waals surface area contributed by atoms with E-state index < -0.39 is 0 Å². The third-order valence-electron chi connectivity index (χ3n) is 3.47. The van der Waals surface area contributed by atoms with Gasteiger partial charge >= 0.3 is 0 Å². The Balaban J connectivity index is 2.85. The molecule has 18 heavy (non-hydrogen) atoms. The Morgan fingerprint density at radius 3 is 2.56 bits per heavy atom. The molecule has 2 atom stereocenters. The Morgan fingerprint density at radius 1 is 1.39 bits per heavy atom. The van der Waals surface area contributed by atoms with Crippen LogP contribution < -0.4 is 5.73 Å². The van der Waals surface area contributed by atoms with Gasteiger partial charge in [0, 0.05) is 17.5 Å². The number of unbranched alkanes of at least 4 members (excludes halogenated alkanes) is 1. The van der Waals surface area contributed by atoms with Crippen molar-refractivity contribution in [3.05, 3.63) is 21.3 Å². The van der Waals surface area contributed by atoms with Gasteiger partial charge in [0.1, 0.15) is 0 Å². The zero-order valence-electron chi connectivity index (χ0n) is 11.7. The van der Waals surface area contributed by atoms with E-state index in [-0.39, 0.29) is 0 Å². The highest BCUT2D eigenvalue weighted by Crippen LogP contribution is 2.31. The van der Waals surface area contributed by atoms with Gasteiger partial charge in [-0.25, -0.2) is 0 Å². The summed E-state index contributed by atoms with van der Waals surface area (Å²) in [5.74, 6) is 0. The Kier molecular flexibility index (Phi) is 7.23. The van der Waals surface area contributed by atoms with Crippen molar-refractivity contribution in [1.29, 1.82) is 0 Å². The second-order valence-electron chi connectivity index (χ2n) is 4.74. The SMILES string of the molecule is CCCCN(C(C)CC)C(CN)c1ccc(Cl)s1. The predicted octanol–water partition coefficient (Wildman–Crippen LogP) is 4.30. The minimum Gasteiger partial charge on any atom is -0.329 e. The first-order valence-electron chi connectivity index (χ1n) is 6.85. The number of rotatable bonds is 8. The molecule has 2 unspecified atom stereocenters. The normalized spacial score (nSPS) is 15.0. The standard InChI is InChI=1S/C14H25ClN2S/c1-4-6-9-17(11(3)5-2)12(10-16)13-7-8-14(15)18-13/h7-8,11-12H,4-6,9-10,16H2,1-3H3. The average Bonchev–Trinajstić information content (AvgIpc) is 2.80. The fourth-order valence-corrected chi connectivity index (χ4v) is 3.38. The van der Waals surface area contributed by atoms with Crippen LogP contribution in [0.2, 0.25) is 4.34 Å². The van der Waals surface area contributed by atoms with E-state index in [0.717, 1.165) is 17.3 Å². The summed E-state index contributed by atoms with van der Waals surface area (Å²) in [5.41, 5.74) is 6.00. The van der Waals surface area contributed by atoms with Crippen molar-refractivity contribution in [2.75, 3.05) is 13.1 Å². The van der Waals surface area contributed by atoms with Gasteiger partial charge in [-0.05, 0) is 38.4 Å². The molecule has 2 N–H and O–H groups in total. The first-order valence-corrected chi connectivity index (χ1v) is 8.04. The van der Waals surface area contributed by atoms with Crippen molar-refractivity contribution < 1.29 is 0 Å². The molecule has 104 valence electrons. The zero-order chi connectivity index (χ0) is 13.5. The van der Waals surface area contributed by atoms with Crippen LogP contribution in [0.3, 0.4) is 0 Å². The highest BCUT2D eigenvalue weighted by molar-refractivity contribution is 7.16. The maximum absolute atomic E-state index is 6.04. The summed E-state index contributed by atoms with van der Waals surface area (Å²) in [7, 11) is 0. The number of halogens is 1. The summed E-state index contributed by atoms with van der Waals surface area (Å²) in [4.78, 5) is 3.82. The zero-order valence-corrected chi connectivity index (χ0v) is 13.2. The van der Waals surface area contributed by atoms with E-state index in [2.05, 4.69) is 31.7 Å². The second kappa shape index (κ2) is 8.16. The maximum Gasteiger partial charge on any atom is 0.0931 e. The molecule has 1 rings (SSSR count). The lowest BCUT2D eigenvalue weighted by Gasteiger charge is -2.35. The molecule has 0 radical (unpaired) electrons. The first kappa shape index (κ1) is 16.0. The molecule has 0 saturated heterocycles. The van der Waals surface area contributed by atoms with Crippen molar-refractivity contribution in [1.82, 2.24) is 4.90 Å². The molecule has 0 fully saturated rings. The molecule has 0 spiro atoms. The van der Waals surface area contributed by atoms with Gasteiger partial charge < -0.3 is 5.73 Å². The molecule has 1 heterocycles. The molecule has 1 aromatic rings. The Bertz CT molecular complexity index is 340. The van der Waals surface area contributed by atoms with Crippen LogP contribution in [0, 0.1) is 0 Å². The molecule has 0 bridgehead atoms. The fourth-order valence-electron chi connectivity index (χ4n) is 2.18. The molecule has 0 aromatic carbocycles. The van der Waals surface area contributed by atoms with Crippen LogP contribution in [0.4, 0.5) is 0 Å². The maximum atomic E-state index is 6.04. The highest BCUT2D eigenvalue weighted by atomic mass is 35.5. The van der Waals surface area contributed by atoms with E-state index in [1.54, 1.807) is 11.3 Å². The summed E-state index contributed by atoms with van der Waals surface area (Å²) in [5, 5.41) is 0. The molecule has 0 saturated carbocycles. The van der Waals surface area contributed by atoms with E-state index in [1.165, 1.54) is 17.7 Å². The lowest BCUT2D eigenvalue weighted by Crippen LogP contribution is -2.40. The van der Waals surface area contributed by atoms with Gasteiger partial charge in [0.2, 0.25) is 0 Å². The topological polar surface area (TPSA) is 29.3 Å². The van der Waals surface area contributed by atoms with Gasteiger partial charge in [0.25, 0.3) is 0 Å². The van der Waals surface area contributed by atoms with Gasteiger partial charge in [-0.1, -0.05) is 31.9 Å². The summed E-state index contributed by atoms with van der Waals surface area (Å²) in [6.07, 6.45) is 3.59. The number of thiophene rings is 1. The third-order valence-corrected chi connectivity index (χ3v) is 4.81. The number of hydrogen-bond donors (Lipinski definition) is 1. The van der Waals surface area contributed by atoms with E-state index in [4.69, 9.17) is 17.3 Å². The minimum absolute atomic E-state index is 0.309. The van der Waals surface area contributed by atoms with Gasteiger partial charge in [-0.2, -0.15) is 0 Å². The minimum atomic E-state index is 0.309. The summed E-state index contributed by atoms with van der Waals surface area (Å²) < 4.78 is 0.850. The molecule has 0 aliphatic rings. The van der Waals surface area contributed by atoms with Crippen molar-refractivity contribution in [3.63, 3.8) is 0 Å². The average molecular weight is 289 g/mol. The van der Waals surface area contributed by atoms with E-state index in [0.29, 0.717) is 18.6 Å². The van der Waals surface area contributed by atoms with E-state index in [9.17, 15) is 0 Å². The monoisotopic (exact) mass is 288 g/mol. The van der Waals surface area contributed by atoms with Crippen molar-refractivity contribution in [2.24, 2.45) is 5.73 Å². The Hall–Kier alpha value is -0.0900. The molecule has 1 aromatic heterocycles. The molecule has 2 nitrogen and oxygen atoms in total. The first-order chi connectivity index (χ1) is 8.63. The van der Waals surface area contributed by atoms with Gasteiger partial charge in [-0.3, -0.25) is 4.90 Å². The predicted molar refractivity (Wildman–Crippen MR) is 82.5 cm³/mol. The third kappa shape index (κ3) is 4.23. The number of nitrogens with two attached hydrogens (primary N) is 1. The van der Waals surface area contributed by atoms with Crippen LogP contribution in [0.1, 0.15) is 51.0 Å². The number of nitrogens with zero attached hydrogens (tertiary/aromatic N) is 1.